The highest BCUT2D eigenvalue weighted by Crippen LogP contribution is 2.06. The fourth-order valence-electron chi connectivity index (χ4n) is 1.85. The number of morpholine rings is 1. The Morgan fingerprint density at radius 1 is 1.31 bits per heavy atom. The maximum Gasteiger partial charge on any atom is 0.0630 e. The van der Waals surface area contributed by atoms with Gasteiger partial charge in [0.1, 0.15) is 0 Å². The Kier molecular flexibility index (Phi) is 5.69. The molecule has 0 aromatic carbocycles. The minimum absolute atomic E-state index is 0.165. The SMILES string of the molecule is COCC(CNC(C)(C)C)N1CCOCC1. The molecule has 1 heterocycles. The lowest BCUT2D eigenvalue weighted by atomic mass is 10.1. The van der Waals surface area contributed by atoms with E-state index in [1.54, 1.807) is 7.11 Å². The molecular formula is C12H26N2O2. The van der Waals surface area contributed by atoms with Crippen LogP contribution in [0.5, 0.6) is 0 Å². The second kappa shape index (κ2) is 6.55. The summed E-state index contributed by atoms with van der Waals surface area (Å²) in [5.74, 6) is 0. The van der Waals surface area contributed by atoms with Crippen LogP contribution >= 0.6 is 0 Å². The predicted octanol–water partition coefficient (Wildman–Crippen LogP) is 0.722. The molecule has 0 amide bonds. The zero-order valence-corrected chi connectivity index (χ0v) is 11.1. The Balaban J connectivity index is 2.39. The fourth-order valence-corrected chi connectivity index (χ4v) is 1.85. The maximum absolute atomic E-state index is 5.37. The van der Waals surface area contributed by atoms with Crippen molar-refractivity contribution in [2.24, 2.45) is 0 Å². The van der Waals surface area contributed by atoms with Crippen LogP contribution in [0.1, 0.15) is 20.8 Å². The lowest BCUT2D eigenvalue weighted by molar-refractivity contribution is -0.00404. The van der Waals surface area contributed by atoms with Crippen LogP contribution < -0.4 is 5.32 Å². The van der Waals surface area contributed by atoms with Crippen LogP contribution in [0, 0.1) is 0 Å². The first-order chi connectivity index (χ1) is 7.53. The van der Waals surface area contributed by atoms with Crippen molar-refractivity contribution < 1.29 is 9.47 Å². The van der Waals surface area contributed by atoms with Gasteiger partial charge in [-0.1, -0.05) is 0 Å². The lowest BCUT2D eigenvalue weighted by Crippen LogP contribution is -2.52. The molecule has 0 spiro atoms. The van der Waals surface area contributed by atoms with E-state index in [9.17, 15) is 0 Å². The third kappa shape index (κ3) is 5.25. The van der Waals surface area contributed by atoms with Gasteiger partial charge in [0.05, 0.1) is 19.8 Å². The number of nitrogens with zero attached hydrogens (tertiary/aromatic N) is 1. The quantitative estimate of drug-likeness (QED) is 0.754. The molecule has 0 radical (unpaired) electrons. The summed E-state index contributed by atoms with van der Waals surface area (Å²) in [5, 5.41) is 3.54. The zero-order valence-electron chi connectivity index (χ0n) is 11.1. The normalized spacial score (nSPS) is 21.0. The number of methoxy groups -OCH3 is 1. The summed E-state index contributed by atoms with van der Waals surface area (Å²) < 4.78 is 10.7. The van der Waals surface area contributed by atoms with Crippen LogP contribution in [0.3, 0.4) is 0 Å². The van der Waals surface area contributed by atoms with Crippen molar-refractivity contribution in [2.75, 3.05) is 46.6 Å². The molecule has 1 unspecified atom stereocenters. The van der Waals surface area contributed by atoms with Gasteiger partial charge >= 0.3 is 0 Å². The molecule has 0 aromatic rings. The summed E-state index contributed by atoms with van der Waals surface area (Å²) in [5.41, 5.74) is 0.165. The lowest BCUT2D eigenvalue weighted by Gasteiger charge is -2.35. The molecular weight excluding hydrogens is 204 g/mol. The second-order valence-electron chi connectivity index (χ2n) is 5.39. The van der Waals surface area contributed by atoms with Crippen molar-refractivity contribution in [1.82, 2.24) is 10.2 Å². The number of ether oxygens (including phenoxy) is 2. The molecule has 0 saturated carbocycles. The molecule has 4 nitrogen and oxygen atoms in total. The highest BCUT2D eigenvalue weighted by Gasteiger charge is 2.22. The molecule has 1 aliphatic rings. The summed E-state index contributed by atoms with van der Waals surface area (Å²) >= 11 is 0. The third-order valence-corrected chi connectivity index (χ3v) is 2.79. The topological polar surface area (TPSA) is 33.7 Å². The van der Waals surface area contributed by atoms with Crippen LogP contribution in [0.25, 0.3) is 0 Å². The van der Waals surface area contributed by atoms with Gasteiger partial charge < -0.3 is 14.8 Å². The van der Waals surface area contributed by atoms with Gasteiger partial charge in [0.25, 0.3) is 0 Å². The molecule has 1 rings (SSSR count). The zero-order chi connectivity index (χ0) is 12.0. The van der Waals surface area contributed by atoms with Gasteiger partial charge in [-0.2, -0.15) is 0 Å². The highest BCUT2D eigenvalue weighted by molar-refractivity contribution is 4.80. The minimum atomic E-state index is 0.165. The Morgan fingerprint density at radius 3 is 2.44 bits per heavy atom. The first-order valence-corrected chi connectivity index (χ1v) is 6.08. The van der Waals surface area contributed by atoms with E-state index in [-0.39, 0.29) is 5.54 Å². The first kappa shape index (κ1) is 13.9. The van der Waals surface area contributed by atoms with Gasteiger partial charge in [-0.3, -0.25) is 4.90 Å². The van der Waals surface area contributed by atoms with E-state index < -0.39 is 0 Å². The minimum Gasteiger partial charge on any atom is -0.383 e. The van der Waals surface area contributed by atoms with Crippen molar-refractivity contribution in [3.8, 4) is 0 Å². The van der Waals surface area contributed by atoms with Gasteiger partial charge in [0, 0.05) is 38.3 Å². The molecule has 1 saturated heterocycles. The fraction of sp³-hybridized carbons (Fsp3) is 1.00. The number of hydrogen-bond donors (Lipinski definition) is 1. The Bertz CT molecular complexity index is 186. The summed E-state index contributed by atoms with van der Waals surface area (Å²) in [7, 11) is 1.77. The molecule has 1 fully saturated rings. The smallest absolute Gasteiger partial charge is 0.0630 e. The predicted molar refractivity (Wildman–Crippen MR) is 65.8 cm³/mol. The largest absolute Gasteiger partial charge is 0.383 e. The Labute approximate surface area is 99.3 Å². The van der Waals surface area contributed by atoms with E-state index in [0.29, 0.717) is 6.04 Å². The summed E-state index contributed by atoms with van der Waals surface area (Å²) in [4.78, 5) is 2.45. The molecule has 1 atom stereocenters. The monoisotopic (exact) mass is 230 g/mol. The van der Waals surface area contributed by atoms with Gasteiger partial charge in [-0.15, -0.1) is 0 Å². The highest BCUT2D eigenvalue weighted by atomic mass is 16.5. The third-order valence-electron chi connectivity index (χ3n) is 2.79. The van der Waals surface area contributed by atoms with Crippen molar-refractivity contribution in [1.29, 1.82) is 0 Å². The first-order valence-electron chi connectivity index (χ1n) is 6.08. The van der Waals surface area contributed by atoms with Gasteiger partial charge in [-0.05, 0) is 20.8 Å². The molecule has 1 N–H and O–H groups in total. The molecule has 1 aliphatic heterocycles. The Hall–Kier alpha value is -0.160. The molecule has 4 heteroatoms. The van der Waals surface area contributed by atoms with Crippen LogP contribution in [0.15, 0.2) is 0 Å². The maximum atomic E-state index is 5.37. The molecule has 0 bridgehead atoms. The summed E-state index contributed by atoms with van der Waals surface area (Å²) in [6.45, 7) is 12.0. The van der Waals surface area contributed by atoms with Gasteiger partial charge in [-0.25, -0.2) is 0 Å². The number of hydrogen-bond acceptors (Lipinski definition) is 4. The molecule has 96 valence electrons. The van der Waals surface area contributed by atoms with E-state index >= 15 is 0 Å². The van der Waals surface area contributed by atoms with Gasteiger partial charge in [0.15, 0.2) is 0 Å². The number of rotatable bonds is 5. The number of nitrogens with one attached hydrogen (secondary N) is 1. The van der Waals surface area contributed by atoms with E-state index in [0.717, 1.165) is 39.5 Å². The molecule has 0 aromatic heterocycles. The Morgan fingerprint density at radius 2 is 1.94 bits per heavy atom. The van der Waals surface area contributed by atoms with E-state index in [4.69, 9.17) is 9.47 Å². The van der Waals surface area contributed by atoms with Crippen LogP contribution in [0.2, 0.25) is 0 Å². The van der Waals surface area contributed by atoms with E-state index in [1.165, 1.54) is 0 Å². The van der Waals surface area contributed by atoms with Crippen LogP contribution in [-0.4, -0.2) is 63.0 Å². The van der Waals surface area contributed by atoms with Crippen molar-refractivity contribution in [2.45, 2.75) is 32.4 Å². The van der Waals surface area contributed by atoms with Crippen molar-refractivity contribution >= 4 is 0 Å². The van der Waals surface area contributed by atoms with E-state index in [2.05, 4.69) is 31.0 Å². The average molecular weight is 230 g/mol. The standard InChI is InChI=1S/C12H26N2O2/c1-12(2,3)13-9-11(10-15-4)14-5-7-16-8-6-14/h11,13H,5-10H2,1-4H3. The van der Waals surface area contributed by atoms with Crippen LogP contribution in [-0.2, 0) is 9.47 Å². The summed E-state index contributed by atoms with van der Waals surface area (Å²) in [6, 6.07) is 0.452. The average Bonchev–Trinajstić information content (AvgIpc) is 2.24. The second-order valence-corrected chi connectivity index (χ2v) is 5.39. The van der Waals surface area contributed by atoms with Crippen molar-refractivity contribution in [3.05, 3.63) is 0 Å². The van der Waals surface area contributed by atoms with E-state index in [1.807, 2.05) is 0 Å². The van der Waals surface area contributed by atoms with Gasteiger partial charge in [0.2, 0.25) is 0 Å². The summed E-state index contributed by atoms with van der Waals surface area (Å²) in [6.07, 6.45) is 0. The molecule has 16 heavy (non-hydrogen) atoms. The molecule has 0 aliphatic carbocycles. The van der Waals surface area contributed by atoms with Crippen molar-refractivity contribution in [3.63, 3.8) is 0 Å². The van der Waals surface area contributed by atoms with Crippen LogP contribution in [0.4, 0.5) is 0 Å².